The van der Waals surface area contributed by atoms with Gasteiger partial charge in [-0.1, -0.05) is 13.3 Å². The zero-order chi connectivity index (χ0) is 13.3. The van der Waals surface area contributed by atoms with Gasteiger partial charge in [-0.25, -0.2) is 13.8 Å². The van der Waals surface area contributed by atoms with Crippen LogP contribution in [0.5, 0.6) is 0 Å². The molecular formula is C13H15ClF2N2. The first-order chi connectivity index (χ1) is 8.60. The third-order valence-corrected chi connectivity index (χ3v) is 3.32. The highest BCUT2D eigenvalue weighted by Crippen LogP contribution is 2.28. The number of nitrogens with zero attached hydrogens (tertiary/aromatic N) is 2. The highest BCUT2D eigenvalue weighted by atomic mass is 35.5. The predicted octanol–water partition coefficient (Wildman–Crippen LogP) is 4.41. The largest absolute Gasteiger partial charge is 0.322 e. The van der Waals surface area contributed by atoms with E-state index in [4.69, 9.17) is 11.6 Å². The van der Waals surface area contributed by atoms with Crippen molar-refractivity contribution in [2.24, 2.45) is 0 Å². The summed E-state index contributed by atoms with van der Waals surface area (Å²) in [7, 11) is 0. The van der Waals surface area contributed by atoms with Crippen LogP contribution in [-0.4, -0.2) is 9.55 Å². The van der Waals surface area contributed by atoms with Crippen LogP contribution in [-0.2, 0) is 5.88 Å². The Hall–Kier alpha value is -1.16. The molecule has 2 nitrogen and oxygen atoms in total. The summed E-state index contributed by atoms with van der Waals surface area (Å²) in [5.41, 5.74) is 0.666. The minimum absolute atomic E-state index is 0.0463. The second-order valence-corrected chi connectivity index (χ2v) is 4.67. The molecule has 2 aromatic rings. The molecule has 0 saturated heterocycles. The smallest absolute Gasteiger partial charge is 0.184 e. The van der Waals surface area contributed by atoms with Crippen LogP contribution in [0.15, 0.2) is 12.1 Å². The number of halogens is 3. The van der Waals surface area contributed by atoms with E-state index >= 15 is 0 Å². The number of aromatic nitrogens is 2. The fourth-order valence-corrected chi connectivity index (χ4v) is 2.48. The first kappa shape index (κ1) is 13.3. The van der Waals surface area contributed by atoms with Crippen molar-refractivity contribution in [3.8, 4) is 0 Å². The molecule has 1 aromatic carbocycles. The molecule has 0 N–H and O–H groups in total. The van der Waals surface area contributed by atoms with Crippen LogP contribution < -0.4 is 0 Å². The van der Waals surface area contributed by atoms with Crippen molar-refractivity contribution in [1.29, 1.82) is 0 Å². The Labute approximate surface area is 110 Å². The summed E-state index contributed by atoms with van der Waals surface area (Å²) in [6, 6.07) is 2.63. The van der Waals surface area contributed by atoms with E-state index in [0.717, 1.165) is 18.9 Å². The molecule has 2 rings (SSSR count). The zero-order valence-corrected chi connectivity index (χ0v) is 11.1. The van der Waals surface area contributed by atoms with Crippen LogP contribution in [0, 0.1) is 11.6 Å². The highest BCUT2D eigenvalue weighted by molar-refractivity contribution is 6.16. The van der Waals surface area contributed by atoms with Gasteiger partial charge >= 0.3 is 0 Å². The minimum Gasteiger partial charge on any atom is -0.322 e. The Morgan fingerprint density at radius 1 is 1.39 bits per heavy atom. The molecule has 0 fully saturated rings. The lowest BCUT2D eigenvalue weighted by molar-refractivity contribution is 0.478. The number of imidazole rings is 1. The Morgan fingerprint density at radius 3 is 2.72 bits per heavy atom. The third-order valence-electron chi connectivity index (χ3n) is 3.08. The standard InChI is InChI=1S/C13H15ClF2N2/c1-3-4-8(2)18-11(7-14)17-10-6-5-9(15)12(16)13(10)18/h5-6,8H,3-4,7H2,1-2H3. The van der Waals surface area contributed by atoms with E-state index in [1.54, 1.807) is 4.57 Å². The van der Waals surface area contributed by atoms with Gasteiger partial charge in [-0.2, -0.15) is 0 Å². The normalized spacial score (nSPS) is 13.2. The van der Waals surface area contributed by atoms with Gasteiger partial charge in [-0.15, -0.1) is 11.6 Å². The molecule has 0 bridgehead atoms. The predicted molar refractivity (Wildman–Crippen MR) is 68.8 cm³/mol. The summed E-state index contributed by atoms with van der Waals surface area (Å²) < 4.78 is 29.0. The van der Waals surface area contributed by atoms with Gasteiger partial charge in [0.2, 0.25) is 0 Å². The van der Waals surface area contributed by atoms with E-state index in [-0.39, 0.29) is 17.4 Å². The molecule has 1 unspecified atom stereocenters. The Morgan fingerprint density at radius 2 is 2.11 bits per heavy atom. The lowest BCUT2D eigenvalue weighted by Gasteiger charge is -2.16. The number of benzene rings is 1. The molecule has 0 amide bonds. The van der Waals surface area contributed by atoms with E-state index in [2.05, 4.69) is 4.98 Å². The Balaban J connectivity index is 2.70. The SMILES string of the molecule is CCCC(C)n1c(CCl)nc2ccc(F)c(F)c21. The van der Waals surface area contributed by atoms with Crippen molar-refractivity contribution in [3.63, 3.8) is 0 Å². The maximum absolute atomic E-state index is 13.9. The zero-order valence-electron chi connectivity index (χ0n) is 10.4. The molecule has 5 heteroatoms. The van der Waals surface area contributed by atoms with Gasteiger partial charge < -0.3 is 4.57 Å². The number of hydrogen-bond donors (Lipinski definition) is 0. The van der Waals surface area contributed by atoms with Gasteiger partial charge in [-0.05, 0) is 25.5 Å². The maximum Gasteiger partial charge on any atom is 0.184 e. The summed E-state index contributed by atoms with van der Waals surface area (Å²) >= 11 is 5.84. The van der Waals surface area contributed by atoms with Crippen LogP contribution in [0.4, 0.5) is 8.78 Å². The van der Waals surface area contributed by atoms with Gasteiger partial charge in [0.15, 0.2) is 11.6 Å². The quantitative estimate of drug-likeness (QED) is 0.754. The van der Waals surface area contributed by atoms with Crippen LogP contribution in [0.1, 0.15) is 38.6 Å². The second-order valence-electron chi connectivity index (χ2n) is 4.40. The van der Waals surface area contributed by atoms with Crippen molar-refractivity contribution in [2.75, 3.05) is 0 Å². The lowest BCUT2D eigenvalue weighted by Crippen LogP contribution is -2.09. The molecule has 0 radical (unpaired) electrons. The molecule has 98 valence electrons. The summed E-state index contributed by atoms with van der Waals surface area (Å²) in [5, 5.41) is 0. The number of hydrogen-bond acceptors (Lipinski definition) is 1. The average molecular weight is 273 g/mol. The van der Waals surface area contributed by atoms with Crippen molar-refractivity contribution < 1.29 is 8.78 Å². The molecule has 0 aliphatic heterocycles. The topological polar surface area (TPSA) is 17.8 Å². The molecular weight excluding hydrogens is 258 g/mol. The van der Waals surface area contributed by atoms with Crippen molar-refractivity contribution in [3.05, 3.63) is 29.6 Å². The fraction of sp³-hybridized carbons (Fsp3) is 0.462. The van der Waals surface area contributed by atoms with Crippen LogP contribution in [0.2, 0.25) is 0 Å². The Kier molecular flexibility index (Phi) is 3.85. The van der Waals surface area contributed by atoms with Crippen molar-refractivity contribution >= 4 is 22.6 Å². The summed E-state index contributed by atoms with van der Waals surface area (Å²) in [4.78, 5) is 4.26. The van der Waals surface area contributed by atoms with E-state index in [0.29, 0.717) is 11.3 Å². The monoisotopic (exact) mass is 272 g/mol. The average Bonchev–Trinajstić information content (AvgIpc) is 2.73. The van der Waals surface area contributed by atoms with E-state index < -0.39 is 11.6 Å². The van der Waals surface area contributed by atoms with E-state index in [9.17, 15) is 8.78 Å². The summed E-state index contributed by atoms with van der Waals surface area (Å²) in [6.45, 7) is 4.01. The lowest BCUT2D eigenvalue weighted by atomic mass is 10.2. The number of alkyl halides is 1. The molecule has 0 saturated carbocycles. The second kappa shape index (κ2) is 5.22. The highest BCUT2D eigenvalue weighted by Gasteiger charge is 2.19. The van der Waals surface area contributed by atoms with Gasteiger partial charge in [-0.3, -0.25) is 0 Å². The van der Waals surface area contributed by atoms with E-state index in [1.165, 1.54) is 6.07 Å². The van der Waals surface area contributed by atoms with Gasteiger partial charge in [0, 0.05) is 6.04 Å². The fourth-order valence-electron chi connectivity index (χ4n) is 2.29. The van der Waals surface area contributed by atoms with Crippen molar-refractivity contribution in [1.82, 2.24) is 9.55 Å². The third kappa shape index (κ3) is 2.09. The Bertz CT molecular complexity index is 566. The summed E-state index contributed by atoms with van der Waals surface area (Å²) in [5.74, 6) is -0.936. The number of fused-ring (bicyclic) bond motifs is 1. The molecule has 0 aliphatic rings. The van der Waals surface area contributed by atoms with Gasteiger partial charge in [0.25, 0.3) is 0 Å². The van der Waals surface area contributed by atoms with Crippen LogP contribution in [0.3, 0.4) is 0 Å². The van der Waals surface area contributed by atoms with Gasteiger partial charge in [0.05, 0.1) is 11.4 Å². The molecule has 1 aromatic heterocycles. The first-order valence-electron chi connectivity index (χ1n) is 6.00. The minimum atomic E-state index is -0.853. The molecule has 1 heterocycles. The molecule has 0 spiro atoms. The molecule has 0 aliphatic carbocycles. The summed E-state index contributed by atoms with van der Waals surface area (Å²) in [6.07, 6.45) is 1.82. The first-order valence-corrected chi connectivity index (χ1v) is 6.54. The van der Waals surface area contributed by atoms with Gasteiger partial charge in [0.1, 0.15) is 11.3 Å². The maximum atomic E-state index is 13.9. The van der Waals surface area contributed by atoms with Crippen LogP contribution in [0.25, 0.3) is 11.0 Å². The van der Waals surface area contributed by atoms with Crippen LogP contribution >= 0.6 is 11.6 Å². The van der Waals surface area contributed by atoms with Crippen molar-refractivity contribution in [2.45, 2.75) is 38.6 Å². The molecule has 1 atom stereocenters. The van der Waals surface area contributed by atoms with E-state index in [1.807, 2.05) is 13.8 Å². The number of rotatable bonds is 4. The molecule has 18 heavy (non-hydrogen) atoms.